The van der Waals surface area contributed by atoms with Crippen molar-refractivity contribution in [3.8, 4) is 5.75 Å². The molecule has 0 spiro atoms. The van der Waals surface area contributed by atoms with Gasteiger partial charge in [-0.1, -0.05) is 42.5 Å². The van der Waals surface area contributed by atoms with E-state index in [1.807, 2.05) is 30.5 Å². The molecule has 0 aliphatic heterocycles. The molecule has 1 aliphatic carbocycles. The van der Waals surface area contributed by atoms with Gasteiger partial charge in [0.1, 0.15) is 5.75 Å². The third kappa shape index (κ3) is 5.72. The summed E-state index contributed by atoms with van der Waals surface area (Å²) in [6, 6.07) is 18.9. The van der Waals surface area contributed by atoms with Crippen LogP contribution in [-0.4, -0.2) is 35.4 Å². The van der Waals surface area contributed by atoms with Gasteiger partial charge in [0.05, 0.1) is 18.2 Å². The number of ether oxygens (including phenoxy) is 1. The van der Waals surface area contributed by atoms with Crippen LogP contribution in [0.2, 0.25) is 0 Å². The highest BCUT2D eigenvalue weighted by molar-refractivity contribution is 5.83. The van der Waals surface area contributed by atoms with Gasteiger partial charge in [0, 0.05) is 24.2 Å². The molecule has 1 saturated carbocycles. The summed E-state index contributed by atoms with van der Waals surface area (Å²) in [4.78, 5) is 4.46. The smallest absolute Gasteiger partial charge is 0.119 e. The molecule has 4 rings (SSSR count). The summed E-state index contributed by atoms with van der Waals surface area (Å²) in [5.74, 6) is 0.841. The van der Waals surface area contributed by atoms with Crippen molar-refractivity contribution in [1.29, 1.82) is 0 Å². The zero-order chi connectivity index (χ0) is 21.5. The van der Waals surface area contributed by atoms with Crippen LogP contribution in [0.4, 0.5) is 0 Å². The number of nitrogens with one attached hydrogen (secondary N) is 1. The van der Waals surface area contributed by atoms with E-state index in [9.17, 15) is 5.11 Å². The molecule has 1 aliphatic rings. The van der Waals surface area contributed by atoms with E-state index < -0.39 is 5.60 Å². The van der Waals surface area contributed by atoms with Gasteiger partial charge in [-0.15, -0.1) is 0 Å². The Morgan fingerprint density at radius 3 is 2.71 bits per heavy atom. The highest BCUT2D eigenvalue weighted by Crippen LogP contribution is 2.33. The Kier molecular flexibility index (Phi) is 7.00. The molecule has 1 aromatic heterocycles. The minimum atomic E-state index is -0.577. The van der Waals surface area contributed by atoms with Crippen LogP contribution < -0.4 is 10.1 Å². The van der Waals surface area contributed by atoms with Crippen molar-refractivity contribution in [2.75, 3.05) is 13.7 Å². The Morgan fingerprint density at radius 2 is 1.94 bits per heavy atom. The fourth-order valence-corrected chi connectivity index (χ4v) is 4.50. The number of aryl methyl sites for hydroxylation is 1. The third-order valence-electron chi connectivity index (χ3n) is 6.45. The average Bonchev–Trinajstić information content (AvgIpc) is 2.82. The summed E-state index contributed by atoms with van der Waals surface area (Å²) in [5, 5.41) is 15.9. The fraction of sp³-hybridized carbons (Fsp3) is 0.370. The largest absolute Gasteiger partial charge is 0.497 e. The van der Waals surface area contributed by atoms with Gasteiger partial charge in [-0.3, -0.25) is 4.98 Å². The maximum absolute atomic E-state index is 11.2. The van der Waals surface area contributed by atoms with Crippen LogP contribution in [0.25, 0.3) is 17.0 Å². The molecule has 3 aromatic rings. The van der Waals surface area contributed by atoms with Crippen LogP contribution in [0.3, 0.4) is 0 Å². The Hall–Kier alpha value is -2.69. The Labute approximate surface area is 185 Å². The zero-order valence-corrected chi connectivity index (χ0v) is 18.3. The number of methoxy groups -OCH3 is 1. The topological polar surface area (TPSA) is 54.4 Å². The lowest BCUT2D eigenvalue weighted by Crippen LogP contribution is -2.41. The minimum absolute atomic E-state index is 0.478. The summed E-state index contributed by atoms with van der Waals surface area (Å²) in [5.41, 5.74) is 2.85. The second-order valence-corrected chi connectivity index (χ2v) is 8.57. The van der Waals surface area contributed by atoms with Crippen LogP contribution >= 0.6 is 0 Å². The highest BCUT2D eigenvalue weighted by Gasteiger charge is 2.32. The molecule has 2 aromatic carbocycles. The number of aliphatic hydroxyl groups is 1. The predicted molar refractivity (Wildman–Crippen MR) is 127 cm³/mol. The molecule has 0 radical (unpaired) electrons. The lowest BCUT2D eigenvalue weighted by atomic mass is 9.78. The number of fused-ring (bicyclic) bond motifs is 1. The van der Waals surface area contributed by atoms with E-state index in [4.69, 9.17) is 4.74 Å². The second kappa shape index (κ2) is 10.1. The number of hydrogen-bond donors (Lipinski definition) is 2. The first-order chi connectivity index (χ1) is 15.1. The normalized spacial score (nSPS) is 21.5. The van der Waals surface area contributed by atoms with Gasteiger partial charge in [0.2, 0.25) is 0 Å². The lowest BCUT2D eigenvalue weighted by Gasteiger charge is -2.36. The first-order valence-electron chi connectivity index (χ1n) is 11.2. The number of aromatic nitrogens is 1. The maximum atomic E-state index is 11.2. The van der Waals surface area contributed by atoms with Gasteiger partial charge in [-0.25, -0.2) is 0 Å². The first kappa shape index (κ1) is 21.5. The van der Waals surface area contributed by atoms with Crippen LogP contribution in [-0.2, 0) is 6.42 Å². The predicted octanol–water partition coefficient (Wildman–Crippen LogP) is 5.15. The number of benzene rings is 2. The fourth-order valence-electron chi connectivity index (χ4n) is 4.50. The third-order valence-corrected chi connectivity index (χ3v) is 6.45. The number of hydrogen-bond acceptors (Lipinski definition) is 4. The van der Waals surface area contributed by atoms with E-state index in [1.165, 1.54) is 11.1 Å². The van der Waals surface area contributed by atoms with Gasteiger partial charge in [0.25, 0.3) is 0 Å². The summed E-state index contributed by atoms with van der Waals surface area (Å²) in [6.45, 7) is 0.864. The SMILES string of the molecule is COc1ccc2nccc(CCC3(O)CCC(NC/C=C/c4ccccc4)CC3)c2c1. The van der Waals surface area contributed by atoms with Gasteiger partial charge < -0.3 is 15.2 Å². The summed E-state index contributed by atoms with van der Waals surface area (Å²) < 4.78 is 5.38. The second-order valence-electron chi connectivity index (χ2n) is 8.57. The van der Waals surface area contributed by atoms with Crippen molar-refractivity contribution in [3.63, 3.8) is 0 Å². The van der Waals surface area contributed by atoms with Gasteiger partial charge in [-0.05, 0) is 73.9 Å². The van der Waals surface area contributed by atoms with Crippen molar-refractivity contribution in [1.82, 2.24) is 10.3 Å². The molecule has 162 valence electrons. The van der Waals surface area contributed by atoms with Crippen molar-refractivity contribution in [2.24, 2.45) is 0 Å². The molecule has 0 atom stereocenters. The van der Waals surface area contributed by atoms with Crippen LogP contribution in [0.15, 0.2) is 66.9 Å². The minimum Gasteiger partial charge on any atom is -0.497 e. The van der Waals surface area contributed by atoms with Crippen molar-refractivity contribution < 1.29 is 9.84 Å². The van der Waals surface area contributed by atoms with E-state index in [1.54, 1.807) is 7.11 Å². The lowest BCUT2D eigenvalue weighted by molar-refractivity contribution is -0.0103. The summed E-state index contributed by atoms with van der Waals surface area (Å²) in [7, 11) is 1.68. The van der Waals surface area contributed by atoms with E-state index in [0.717, 1.165) is 61.7 Å². The summed E-state index contributed by atoms with van der Waals surface area (Å²) in [6.07, 6.45) is 11.5. The van der Waals surface area contributed by atoms with Crippen molar-refractivity contribution >= 4 is 17.0 Å². The van der Waals surface area contributed by atoms with Crippen LogP contribution in [0.1, 0.15) is 43.2 Å². The molecule has 4 heteroatoms. The maximum Gasteiger partial charge on any atom is 0.119 e. The van der Waals surface area contributed by atoms with E-state index in [-0.39, 0.29) is 0 Å². The van der Waals surface area contributed by atoms with Crippen molar-refractivity contribution in [2.45, 2.75) is 50.2 Å². The van der Waals surface area contributed by atoms with Crippen LogP contribution in [0, 0.1) is 0 Å². The quantitative estimate of drug-likeness (QED) is 0.533. The average molecular weight is 417 g/mol. The van der Waals surface area contributed by atoms with Gasteiger partial charge in [0.15, 0.2) is 0 Å². The number of rotatable bonds is 8. The first-order valence-corrected chi connectivity index (χ1v) is 11.2. The van der Waals surface area contributed by atoms with Crippen LogP contribution in [0.5, 0.6) is 5.75 Å². The van der Waals surface area contributed by atoms with Gasteiger partial charge in [-0.2, -0.15) is 0 Å². The Morgan fingerprint density at radius 1 is 1.13 bits per heavy atom. The van der Waals surface area contributed by atoms with Gasteiger partial charge >= 0.3 is 0 Å². The molecule has 0 saturated heterocycles. The molecule has 0 amide bonds. The molecule has 31 heavy (non-hydrogen) atoms. The monoisotopic (exact) mass is 416 g/mol. The summed E-state index contributed by atoms with van der Waals surface area (Å²) >= 11 is 0. The van der Waals surface area contributed by atoms with E-state index >= 15 is 0 Å². The molecule has 4 nitrogen and oxygen atoms in total. The zero-order valence-electron chi connectivity index (χ0n) is 18.3. The van der Waals surface area contributed by atoms with Crippen molar-refractivity contribution in [3.05, 3.63) is 78.0 Å². The highest BCUT2D eigenvalue weighted by atomic mass is 16.5. The Balaban J connectivity index is 1.27. The molecule has 0 unspecified atom stereocenters. The number of pyridine rings is 1. The number of nitrogens with zero attached hydrogens (tertiary/aromatic N) is 1. The molecule has 2 N–H and O–H groups in total. The molecular formula is C27H32N2O2. The van der Waals surface area contributed by atoms with E-state index in [2.05, 4.69) is 52.8 Å². The molecule has 1 heterocycles. The molecule has 0 bridgehead atoms. The Bertz CT molecular complexity index is 1010. The molecule has 1 fully saturated rings. The van der Waals surface area contributed by atoms with E-state index in [0.29, 0.717) is 6.04 Å². The molecular weight excluding hydrogens is 384 g/mol. The standard InChI is InChI=1S/C27H32N2O2/c1-31-24-9-10-26-25(20-24)22(14-19-29-26)11-15-27(30)16-12-23(13-17-27)28-18-5-8-21-6-3-2-4-7-21/h2-10,14,19-20,23,28,30H,11-13,15-18H2,1H3/b8-5+.